The first-order valence-corrected chi connectivity index (χ1v) is 10.8. The fourth-order valence-corrected chi connectivity index (χ4v) is 4.98. The largest absolute Gasteiger partial charge is 0.455 e. The minimum absolute atomic E-state index is 0.435. The molecule has 0 atom stereocenters. The normalized spacial score (nSPS) is 12.5. The Morgan fingerprint density at radius 2 is 1.77 bits per heavy atom. The molecule has 0 spiro atoms. The highest BCUT2D eigenvalue weighted by atomic mass is 16.5. The number of rotatable bonds is 2. The summed E-state index contributed by atoms with van der Waals surface area (Å²) in [7, 11) is 2.11. The van der Waals surface area contributed by atoms with Gasteiger partial charge in [0.1, 0.15) is 18.5 Å². The Labute approximate surface area is 183 Å². The van der Waals surface area contributed by atoms with E-state index >= 15 is 0 Å². The van der Waals surface area contributed by atoms with Crippen LogP contribution in [0.2, 0.25) is 0 Å². The number of aromatic nitrogens is 1. The van der Waals surface area contributed by atoms with Gasteiger partial charge in [-0.05, 0) is 54.1 Å². The molecule has 0 saturated carbocycles. The van der Waals surface area contributed by atoms with E-state index < -0.39 is 5.54 Å². The number of hydrogen-bond acceptors (Lipinski definition) is 1. The molecule has 3 aromatic carbocycles. The van der Waals surface area contributed by atoms with Crippen LogP contribution in [0.4, 0.5) is 0 Å². The second kappa shape index (κ2) is 6.56. The van der Waals surface area contributed by atoms with E-state index in [0.717, 1.165) is 27.8 Å². The molecular weight excluding hydrogens is 380 g/mol. The van der Waals surface area contributed by atoms with E-state index in [1.165, 1.54) is 38.7 Å². The lowest BCUT2D eigenvalue weighted by atomic mass is 9.87. The Balaban J connectivity index is 1.86. The molecule has 0 unspecified atom stereocenters. The van der Waals surface area contributed by atoms with Gasteiger partial charge in [-0.3, -0.25) is 0 Å². The molecule has 3 heteroatoms. The van der Waals surface area contributed by atoms with Gasteiger partial charge in [-0.25, -0.2) is 11.1 Å². The maximum atomic E-state index is 7.52. The summed E-state index contributed by atoms with van der Waals surface area (Å²) >= 11 is 0. The third-order valence-corrected chi connectivity index (χ3v) is 6.57. The number of ether oxygens (including phenoxy) is 1. The number of nitrogens with zero attached hydrogens (tertiary/aromatic N) is 2. The van der Waals surface area contributed by atoms with Crippen LogP contribution in [-0.2, 0) is 13.5 Å². The lowest BCUT2D eigenvalue weighted by molar-refractivity contribution is -0.659. The zero-order valence-corrected chi connectivity index (χ0v) is 19.1. The summed E-state index contributed by atoms with van der Waals surface area (Å²) in [5.74, 6) is 1.84. The standard InChI is InChI=1S/C28H27N2O/c1-16-8-9-21-17(2)24-26-25-20(10-11-30(26)7)13-19(15-28(4,5)29-6)14-23(25)31-27(24)18(3)22(21)12-16/h8-14H,15H2,1-5,7H3/q+1. The average Bonchev–Trinajstić information content (AvgIpc) is 2.73. The Hall–Kier alpha value is -3.38. The van der Waals surface area contributed by atoms with Gasteiger partial charge in [0.15, 0.2) is 6.20 Å². The second-order valence-electron chi connectivity index (χ2n) is 9.54. The van der Waals surface area contributed by atoms with Gasteiger partial charge in [0.25, 0.3) is 0 Å². The Morgan fingerprint density at radius 3 is 2.52 bits per heavy atom. The van der Waals surface area contributed by atoms with Gasteiger partial charge >= 0.3 is 0 Å². The molecule has 31 heavy (non-hydrogen) atoms. The molecule has 0 saturated heterocycles. The van der Waals surface area contributed by atoms with Crippen molar-refractivity contribution in [3.8, 4) is 22.8 Å². The van der Waals surface area contributed by atoms with Crippen LogP contribution < -0.4 is 9.30 Å². The number of pyridine rings is 1. The molecule has 1 aliphatic rings. The number of benzene rings is 3. The molecule has 1 aliphatic heterocycles. The molecule has 0 amide bonds. The van der Waals surface area contributed by atoms with Gasteiger partial charge in [-0.2, -0.15) is 0 Å². The summed E-state index contributed by atoms with van der Waals surface area (Å²) in [4.78, 5) is 3.81. The third kappa shape index (κ3) is 2.90. The zero-order chi connectivity index (χ0) is 22.1. The molecule has 0 fully saturated rings. The molecule has 5 rings (SSSR count). The Morgan fingerprint density at radius 1 is 1.00 bits per heavy atom. The predicted octanol–water partition coefficient (Wildman–Crippen LogP) is 6.76. The van der Waals surface area contributed by atoms with Gasteiger partial charge in [0, 0.05) is 25.5 Å². The molecule has 3 nitrogen and oxygen atoms in total. The summed E-state index contributed by atoms with van der Waals surface area (Å²) in [5, 5.41) is 4.84. The molecule has 0 bridgehead atoms. The van der Waals surface area contributed by atoms with E-state index in [1.54, 1.807) is 0 Å². The number of hydrogen-bond donors (Lipinski definition) is 0. The molecule has 4 aromatic rings. The van der Waals surface area contributed by atoms with Crippen molar-refractivity contribution in [3.63, 3.8) is 0 Å². The van der Waals surface area contributed by atoms with Crippen LogP contribution in [0.5, 0.6) is 11.5 Å². The van der Waals surface area contributed by atoms with Crippen LogP contribution in [0.1, 0.15) is 36.1 Å². The fourth-order valence-electron chi connectivity index (χ4n) is 4.98. The SMILES string of the molecule is [C-]#[N+]C(C)(C)Cc1cc2c3c([n+](C)ccc3c1)-c1c(c(C)c3cc(C)ccc3c1C)O2. The van der Waals surface area contributed by atoms with Crippen LogP contribution in [-0.4, -0.2) is 5.54 Å². The van der Waals surface area contributed by atoms with Crippen molar-refractivity contribution in [1.82, 2.24) is 0 Å². The van der Waals surface area contributed by atoms with Crippen LogP contribution in [0.25, 0.3) is 37.6 Å². The first kappa shape index (κ1) is 19.6. The topological polar surface area (TPSA) is 17.5 Å². The summed E-state index contributed by atoms with van der Waals surface area (Å²) in [6, 6.07) is 13.2. The molecule has 0 radical (unpaired) electrons. The van der Waals surface area contributed by atoms with Crippen molar-refractivity contribution in [2.75, 3.05) is 0 Å². The molecular formula is C28H27N2O+. The van der Waals surface area contributed by atoms with E-state index in [4.69, 9.17) is 11.3 Å². The van der Waals surface area contributed by atoms with Crippen LogP contribution in [0.3, 0.4) is 0 Å². The third-order valence-electron chi connectivity index (χ3n) is 6.57. The summed E-state index contributed by atoms with van der Waals surface area (Å²) in [5.41, 5.74) is 6.77. The summed E-state index contributed by atoms with van der Waals surface area (Å²) < 4.78 is 8.87. The van der Waals surface area contributed by atoms with Crippen molar-refractivity contribution < 1.29 is 9.30 Å². The minimum Gasteiger partial charge on any atom is -0.455 e. The van der Waals surface area contributed by atoms with Crippen molar-refractivity contribution in [1.29, 1.82) is 0 Å². The molecule has 0 aliphatic carbocycles. The van der Waals surface area contributed by atoms with E-state index in [1.807, 2.05) is 13.8 Å². The first-order chi connectivity index (χ1) is 14.7. The van der Waals surface area contributed by atoms with E-state index in [9.17, 15) is 0 Å². The molecule has 2 heterocycles. The van der Waals surface area contributed by atoms with E-state index in [-0.39, 0.29) is 0 Å². The lowest BCUT2D eigenvalue weighted by Crippen LogP contribution is -2.32. The van der Waals surface area contributed by atoms with Gasteiger partial charge in [-0.15, -0.1) is 0 Å². The highest BCUT2D eigenvalue weighted by Crippen LogP contribution is 2.50. The monoisotopic (exact) mass is 407 g/mol. The minimum atomic E-state index is -0.435. The van der Waals surface area contributed by atoms with Crippen molar-refractivity contribution >= 4 is 21.5 Å². The second-order valence-corrected chi connectivity index (χ2v) is 9.54. The van der Waals surface area contributed by atoms with Gasteiger partial charge in [-0.1, -0.05) is 29.8 Å². The fraction of sp³-hybridized carbons (Fsp3) is 0.286. The average molecular weight is 408 g/mol. The van der Waals surface area contributed by atoms with Crippen LogP contribution in [0.15, 0.2) is 42.6 Å². The number of aryl methyl sites for hydroxylation is 4. The highest BCUT2D eigenvalue weighted by molar-refractivity contribution is 6.06. The summed E-state index contributed by atoms with van der Waals surface area (Å²) in [6.07, 6.45) is 2.83. The number of fused-ring (bicyclic) bond motifs is 3. The maximum absolute atomic E-state index is 7.52. The maximum Gasteiger partial charge on any atom is 0.231 e. The van der Waals surface area contributed by atoms with Crippen LogP contribution in [0, 0.1) is 27.3 Å². The van der Waals surface area contributed by atoms with Crippen molar-refractivity contribution in [2.24, 2.45) is 7.05 Å². The predicted molar refractivity (Wildman–Crippen MR) is 127 cm³/mol. The quantitative estimate of drug-likeness (QED) is 0.234. The highest BCUT2D eigenvalue weighted by Gasteiger charge is 2.33. The van der Waals surface area contributed by atoms with Gasteiger partial charge in [0.05, 0.1) is 17.4 Å². The van der Waals surface area contributed by atoms with Gasteiger partial charge < -0.3 is 9.58 Å². The Bertz CT molecular complexity index is 1450. The molecule has 154 valence electrons. The Kier molecular flexibility index (Phi) is 4.14. The zero-order valence-electron chi connectivity index (χ0n) is 19.1. The van der Waals surface area contributed by atoms with E-state index in [2.05, 4.69) is 79.8 Å². The molecule has 1 aromatic heterocycles. The lowest BCUT2D eigenvalue weighted by Gasteiger charge is -2.25. The van der Waals surface area contributed by atoms with Crippen molar-refractivity contribution in [2.45, 2.75) is 46.6 Å². The smallest absolute Gasteiger partial charge is 0.231 e. The summed E-state index contributed by atoms with van der Waals surface area (Å²) in [6.45, 7) is 18.0. The van der Waals surface area contributed by atoms with Crippen molar-refractivity contribution in [3.05, 3.63) is 76.3 Å². The molecule has 0 N–H and O–H groups in total. The van der Waals surface area contributed by atoms with Crippen LogP contribution >= 0.6 is 0 Å². The first-order valence-electron chi connectivity index (χ1n) is 10.8. The van der Waals surface area contributed by atoms with Gasteiger partial charge in [0.2, 0.25) is 11.2 Å². The van der Waals surface area contributed by atoms with E-state index in [0.29, 0.717) is 6.42 Å².